The van der Waals surface area contributed by atoms with Crippen molar-refractivity contribution in [1.29, 1.82) is 0 Å². The maximum Gasteiger partial charge on any atom is 0.240 e. The Balaban J connectivity index is 2.29. The summed E-state index contributed by atoms with van der Waals surface area (Å²) < 4.78 is 0. The molecule has 2 aliphatic rings. The molecule has 0 aromatic carbocycles. The van der Waals surface area contributed by atoms with Crippen molar-refractivity contribution >= 4 is 11.7 Å². The van der Waals surface area contributed by atoms with Crippen molar-refractivity contribution in [2.45, 2.75) is 57.7 Å². The van der Waals surface area contributed by atoms with Crippen LogP contribution in [0.3, 0.4) is 0 Å². The molecule has 1 saturated carbocycles. The highest BCUT2D eigenvalue weighted by molar-refractivity contribution is 5.93. The van der Waals surface area contributed by atoms with Gasteiger partial charge in [-0.25, -0.2) is 0 Å². The fraction of sp³-hybridized carbons (Fsp3) is 0.846. The fourth-order valence-corrected chi connectivity index (χ4v) is 2.82. The Morgan fingerprint density at radius 3 is 2.59 bits per heavy atom. The number of nitrogens with one attached hydrogen (secondary N) is 1. The lowest BCUT2D eigenvalue weighted by atomic mass is 9.96. The Kier molecular flexibility index (Phi) is 3.02. The van der Waals surface area contributed by atoms with Crippen molar-refractivity contribution in [2.75, 3.05) is 7.05 Å². The van der Waals surface area contributed by atoms with Gasteiger partial charge in [0.1, 0.15) is 0 Å². The van der Waals surface area contributed by atoms with Gasteiger partial charge in [0.05, 0.1) is 11.6 Å². The molecule has 2 unspecified atom stereocenters. The molecule has 4 heteroatoms. The Morgan fingerprint density at radius 2 is 2.06 bits per heavy atom. The summed E-state index contributed by atoms with van der Waals surface area (Å²) >= 11 is 0. The van der Waals surface area contributed by atoms with E-state index in [2.05, 4.69) is 5.32 Å². The quantitative estimate of drug-likeness (QED) is 0.796. The van der Waals surface area contributed by atoms with Crippen molar-refractivity contribution in [3.05, 3.63) is 0 Å². The fourth-order valence-electron chi connectivity index (χ4n) is 2.82. The van der Waals surface area contributed by atoms with Crippen LogP contribution in [0.1, 0.15) is 40.0 Å². The van der Waals surface area contributed by atoms with Gasteiger partial charge in [-0.05, 0) is 53.0 Å². The molecule has 1 aliphatic heterocycles. The number of nitrogens with zero attached hydrogens (tertiary/aromatic N) is 1. The van der Waals surface area contributed by atoms with Crippen molar-refractivity contribution < 1.29 is 9.59 Å². The van der Waals surface area contributed by atoms with Gasteiger partial charge in [0, 0.05) is 6.04 Å². The first-order chi connectivity index (χ1) is 7.89. The van der Waals surface area contributed by atoms with Crippen LogP contribution in [0.25, 0.3) is 0 Å². The third-order valence-electron chi connectivity index (χ3n) is 4.39. The minimum Gasteiger partial charge on any atom is -0.326 e. The molecule has 4 nitrogen and oxygen atoms in total. The summed E-state index contributed by atoms with van der Waals surface area (Å²) in [5.41, 5.74) is -0.671. The van der Waals surface area contributed by atoms with Crippen LogP contribution < -0.4 is 5.32 Å². The second kappa shape index (κ2) is 4.09. The lowest BCUT2D eigenvalue weighted by Crippen LogP contribution is -2.57. The van der Waals surface area contributed by atoms with Gasteiger partial charge >= 0.3 is 0 Å². The summed E-state index contributed by atoms with van der Waals surface area (Å²) in [6, 6.07) is 0.168. The number of carbonyl (C=O) groups excluding carboxylic acids is 2. The van der Waals surface area contributed by atoms with E-state index in [4.69, 9.17) is 0 Å². The number of ketones is 1. The number of rotatable bonds is 3. The van der Waals surface area contributed by atoms with Crippen LogP contribution in [0.5, 0.6) is 0 Å². The van der Waals surface area contributed by atoms with Crippen molar-refractivity contribution in [3.63, 3.8) is 0 Å². The summed E-state index contributed by atoms with van der Waals surface area (Å²) in [5.74, 6) is 0.766. The van der Waals surface area contributed by atoms with Crippen LogP contribution in [0.15, 0.2) is 0 Å². The minimum atomic E-state index is -0.671. The molecule has 0 aromatic heterocycles. The van der Waals surface area contributed by atoms with Crippen LogP contribution in [-0.2, 0) is 9.59 Å². The number of hydrogen-bond donors (Lipinski definition) is 1. The monoisotopic (exact) mass is 238 g/mol. The largest absolute Gasteiger partial charge is 0.326 e. The first-order valence-electron chi connectivity index (χ1n) is 6.41. The topological polar surface area (TPSA) is 49.4 Å². The standard InChI is InChI=1S/C13H22N2O2/c1-8(16)13(2,3)15-11-7-9(11)5-6-10(14-4)12(15)17/h9-11,14H,5-7H2,1-4H3/t9?,10-,11?/m0/s1. The second-order valence-corrected chi connectivity index (χ2v) is 5.81. The predicted molar refractivity (Wildman–Crippen MR) is 65.6 cm³/mol. The number of likely N-dealkylation sites (N-methyl/N-ethyl adjacent to an activating group) is 1. The van der Waals surface area contributed by atoms with E-state index in [1.165, 1.54) is 0 Å². The molecule has 17 heavy (non-hydrogen) atoms. The number of carbonyl (C=O) groups is 2. The zero-order valence-electron chi connectivity index (χ0n) is 11.1. The van der Waals surface area contributed by atoms with E-state index in [-0.39, 0.29) is 17.7 Å². The van der Waals surface area contributed by atoms with E-state index in [1.807, 2.05) is 25.8 Å². The number of fused-ring (bicyclic) bond motifs is 1. The molecule has 1 amide bonds. The molecule has 0 aromatic rings. The first kappa shape index (κ1) is 12.6. The molecule has 0 spiro atoms. The Labute approximate surface area is 103 Å². The predicted octanol–water partition coefficient (Wildman–Crippen LogP) is 0.953. The number of amides is 1. The highest BCUT2D eigenvalue weighted by Gasteiger charge is 2.53. The van der Waals surface area contributed by atoms with Gasteiger partial charge in [-0.3, -0.25) is 9.59 Å². The van der Waals surface area contributed by atoms with Gasteiger partial charge in [0.2, 0.25) is 5.91 Å². The Bertz CT molecular complexity index is 351. The Morgan fingerprint density at radius 1 is 1.41 bits per heavy atom. The van der Waals surface area contributed by atoms with Crippen LogP contribution in [0.4, 0.5) is 0 Å². The van der Waals surface area contributed by atoms with E-state index in [0.717, 1.165) is 19.3 Å². The molecule has 96 valence electrons. The third kappa shape index (κ3) is 1.99. The molecule has 3 atom stereocenters. The number of likely N-dealkylation sites (tertiary alicyclic amines) is 1. The molecule has 1 saturated heterocycles. The summed E-state index contributed by atoms with van der Waals surface area (Å²) in [6.45, 7) is 5.30. The number of Topliss-reactive ketones (excluding diaryl/α,β-unsaturated/α-hetero) is 1. The molecule has 1 aliphatic carbocycles. The molecule has 2 fully saturated rings. The van der Waals surface area contributed by atoms with Crippen molar-refractivity contribution in [3.8, 4) is 0 Å². The van der Waals surface area contributed by atoms with Gasteiger partial charge in [-0.1, -0.05) is 0 Å². The van der Waals surface area contributed by atoms with Crippen LogP contribution in [0.2, 0.25) is 0 Å². The zero-order chi connectivity index (χ0) is 12.8. The normalized spacial score (nSPS) is 33.1. The van der Waals surface area contributed by atoms with Crippen LogP contribution >= 0.6 is 0 Å². The highest BCUT2D eigenvalue weighted by Crippen LogP contribution is 2.45. The highest BCUT2D eigenvalue weighted by atomic mass is 16.2. The first-order valence-corrected chi connectivity index (χ1v) is 6.41. The lowest BCUT2D eigenvalue weighted by molar-refractivity contribution is -0.146. The third-order valence-corrected chi connectivity index (χ3v) is 4.39. The van der Waals surface area contributed by atoms with E-state index < -0.39 is 5.54 Å². The van der Waals surface area contributed by atoms with Crippen LogP contribution in [-0.4, -0.2) is 41.3 Å². The van der Waals surface area contributed by atoms with Gasteiger partial charge in [0.15, 0.2) is 5.78 Å². The van der Waals surface area contributed by atoms with Crippen LogP contribution in [0, 0.1) is 5.92 Å². The molecule has 0 bridgehead atoms. The second-order valence-electron chi connectivity index (χ2n) is 5.81. The van der Waals surface area contributed by atoms with E-state index in [1.54, 1.807) is 6.92 Å². The summed E-state index contributed by atoms with van der Waals surface area (Å²) in [4.78, 5) is 26.1. The zero-order valence-corrected chi connectivity index (χ0v) is 11.1. The smallest absolute Gasteiger partial charge is 0.240 e. The summed E-state index contributed by atoms with van der Waals surface area (Å²) in [5, 5.41) is 3.07. The lowest BCUT2D eigenvalue weighted by Gasteiger charge is -2.38. The number of hydrogen-bond acceptors (Lipinski definition) is 3. The Hall–Kier alpha value is -0.900. The van der Waals surface area contributed by atoms with Crippen molar-refractivity contribution in [1.82, 2.24) is 10.2 Å². The average molecular weight is 238 g/mol. The molecule has 1 N–H and O–H groups in total. The molecular weight excluding hydrogens is 216 g/mol. The van der Waals surface area contributed by atoms with Gasteiger partial charge in [-0.2, -0.15) is 0 Å². The molecule has 2 rings (SSSR count). The van der Waals surface area contributed by atoms with E-state index >= 15 is 0 Å². The average Bonchev–Trinajstić information content (AvgIpc) is 2.97. The maximum absolute atomic E-state index is 12.5. The van der Waals surface area contributed by atoms with E-state index in [0.29, 0.717) is 12.0 Å². The SMILES string of the molecule is CN[C@H]1CCC2CC2N(C(C)(C)C(C)=O)C1=O. The summed E-state index contributed by atoms with van der Waals surface area (Å²) in [7, 11) is 1.82. The van der Waals surface area contributed by atoms with E-state index in [9.17, 15) is 9.59 Å². The van der Waals surface area contributed by atoms with Gasteiger partial charge in [-0.15, -0.1) is 0 Å². The van der Waals surface area contributed by atoms with Crippen molar-refractivity contribution in [2.24, 2.45) is 5.92 Å². The van der Waals surface area contributed by atoms with Gasteiger partial charge in [0.25, 0.3) is 0 Å². The molecule has 1 heterocycles. The maximum atomic E-state index is 12.5. The molecule has 0 radical (unpaired) electrons. The van der Waals surface area contributed by atoms with Gasteiger partial charge < -0.3 is 10.2 Å². The minimum absolute atomic E-state index is 0.0632. The summed E-state index contributed by atoms with van der Waals surface area (Å²) in [6.07, 6.45) is 3.05. The molecular formula is C13H22N2O2.